The molecule has 0 spiro atoms. The molecule has 23 heavy (non-hydrogen) atoms. The number of amides is 2. The molecular weight excluding hydrogens is 309 g/mol. The van der Waals surface area contributed by atoms with Crippen molar-refractivity contribution in [1.82, 2.24) is 0 Å². The maximum absolute atomic E-state index is 12.7. The summed E-state index contributed by atoms with van der Waals surface area (Å²) in [5, 5.41) is 4.89. The summed E-state index contributed by atoms with van der Waals surface area (Å²) in [4.78, 5) is 23.4. The molecule has 0 atom stereocenters. The second-order valence-corrected chi connectivity index (χ2v) is 4.76. The molecule has 4 nitrogen and oxygen atoms in total. The molecule has 7 heteroatoms. The van der Waals surface area contributed by atoms with Gasteiger partial charge in [0.05, 0.1) is 16.8 Å². The van der Waals surface area contributed by atoms with Gasteiger partial charge in [-0.1, -0.05) is 18.2 Å². The summed E-state index contributed by atoms with van der Waals surface area (Å²) in [7, 11) is 0. The minimum Gasteiger partial charge on any atom is -0.326 e. The number of halogens is 3. The van der Waals surface area contributed by atoms with Gasteiger partial charge < -0.3 is 10.6 Å². The Balaban J connectivity index is 2.25. The molecule has 0 aliphatic carbocycles. The normalized spacial score (nSPS) is 11.0. The van der Waals surface area contributed by atoms with Crippen LogP contribution in [0.5, 0.6) is 0 Å². The molecule has 0 unspecified atom stereocenters. The van der Waals surface area contributed by atoms with E-state index in [-0.39, 0.29) is 22.8 Å². The summed E-state index contributed by atoms with van der Waals surface area (Å²) in [5.41, 5.74) is -0.405. The minimum atomic E-state index is -4.49. The lowest BCUT2D eigenvalue weighted by Gasteiger charge is -2.12. The van der Waals surface area contributed by atoms with Gasteiger partial charge in [-0.3, -0.25) is 9.59 Å². The van der Waals surface area contributed by atoms with E-state index in [2.05, 4.69) is 10.6 Å². The average molecular weight is 322 g/mol. The molecule has 120 valence electrons. The van der Waals surface area contributed by atoms with Gasteiger partial charge in [0.15, 0.2) is 0 Å². The molecule has 2 rings (SSSR count). The Morgan fingerprint density at radius 3 is 2.30 bits per heavy atom. The number of para-hydroxylation sites is 1. The van der Waals surface area contributed by atoms with E-state index in [4.69, 9.17) is 0 Å². The smallest absolute Gasteiger partial charge is 0.326 e. The molecule has 0 aromatic heterocycles. The number of benzene rings is 2. The van der Waals surface area contributed by atoms with Crippen LogP contribution in [0, 0.1) is 0 Å². The van der Waals surface area contributed by atoms with Crippen molar-refractivity contribution in [2.24, 2.45) is 0 Å². The second kappa shape index (κ2) is 6.51. The van der Waals surface area contributed by atoms with E-state index in [0.717, 1.165) is 12.1 Å². The first-order chi connectivity index (χ1) is 10.8. The summed E-state index contributed by atoms with van der Waals surface area (Å²) in [6.45, 7) is 1.29. The molecular formula is C16H13F3N2O2. The first kappa shape index (κ1) is 16.5. The van der Waals surface area contributed by atoms with Crippen molar-refractivity contribution < 1.29 is 22.8 Å². The first-order valence-corrected chi connectivity index (χ1v) is 6.62. The lowest BCUT2D eigenvalue weighted by Crippen LogP contribution is -2.17. The molecule has 0 aliphatic heterocycles. The van der Waals surface area contributed by atoms with Crippen LogP contribution in [0.1, 0.15) is 22.8 Å². The molecule has 2 aromatic carbocycles. The molecule has 0 saturated carbocycles. The Bertz CT molecular complexity index is 742. The Morgan fingerprint density at radius 1 is 0.957 bits per heavy atom. The van der Waals surface area contributed by atoms with E-state index in [1.165, 1.54) is 31.2 Å². The zero-order valence-corrected chi connectivity index (χ0v) is 12.1. The maximum atomic E-state index is 12.7. The number of carbonyl (C=O) groups excluding carboxylic acids is 2. The van der Waals surface area contributed by atoms with Crippen LogP contribution in [0.2, 0.25) is 0 Å². The predicted octanol–water partition coefficient (Wildman–Crippen LogP) is 3.92. The van der Waals surface area contributed by atoms with Crippen molar-refractivity contribution in [2.45, 2.75) is 13.1 Å². The van der Waals surface area contributed by atoms with Gasteiger partial charge >= 0.3 is 6.18 Å². The third-order valence-electron chi connectivity index (χ3n) is 2.93. The Morgan fingerprint density at radius 2 is 1.65 bits per heavy atom. The third-order valence-corrected chi connectivity index (χ3v) is 2.93. The lowest BCUT2D eigenvalue weighted by molar-refractivity contribution is -0.137. The monoisotopic (exact) mass is 322 g/mol. The number of hydrogen-bond donors (Lipinski definition) is 2. The van der Waals surface area contributed by atoms with Crippen molar-refractivity contribution in [2.75, 3.05) is 10.6 Å². The van der Waals surface area contributed by atoms with Crippen LogP contribution < -0.4 is 10.6 Å². The van der Waals surface area contributed by atoms with Gasteiger partial charge in [-0.05, 0) is 30.3 Å². The molecule has 2 N–H and O–H groups in total. The number of rotatable bonds is 3. The average Bonchev–Trinajstić information content (AvgIpc) is 2.46. The van der Waals surface area contributed by atoms with Crippen LogP contribution in [0.15, 0.2) is 48.5 Å². The Labute approximate surface area is 130 Å². The van der Waals surface area contributed by atoms with Gasteiger partial charge in [0, 0.05) is 12.6 Å². The fourth-order valence-corrected chi connectivity index (χ4v) is 1.95. The van der Waals surface area contributed by atoms with Crippen LogP contribution in [0.4, 0.5) is 24.5 Å². The van der Waals surface area contributed by atoms with Crippen molar-refractivity contribution >= 4 is 23.2 Å². The Kier molecular flexibility index (Phi) is 4.68. The zero-order valence-electron chi connectivity index (χ0n) is 12.1. The van der Waals surface area contributed by atoms with E-state index in [1.807, 2.05) is 0 Å². The summed E-state index contributed by atoms with van der Waals surface area (Å²) >= 11 is 0. The lowest BCUT2D eigenvalue weighted by atomic mass is 10.1. The standard InChI is InChI=1S/C16H13F3N2O2/c1-10(22)20-14-8-3-2-7-13(14)15(23)21-12-6-4-5-11(9-12)16(17,18)19/h2-9H,1H3,(H,20,22)(H,21,23). The third kappa shape index (κ3) is 4.32. The summed E-state index contributed by atoms with van der Waals surface area (Å²) < 4.78 is 38.0. The molecule has 0 heterocycles. The minimum absolute atomic E-state index is 0.0162. The molecule has 0 fully saturated rings. The highest BCUT2D eigenvalue weighted by Gasteiger charge is 2.30. The SMILES string of the molecule is CC(=O)Nc1ccccc1C(=O)Nc1cccc(C(F)(F)F)c1. The van der Waals surface area contributed by atoms with Gasteiger partial charge in [0.1, 0.15) is 0 Å². The van der Waals surface area contributed by atoms with Crippen LogP contribution in [0.3, 0.4) is 0 Å². The van der Waals surface area contributed by atoms with E-state index in [0.29, 0.717) is 0 Å². The van der Waals surface area contributed by atoms with Crippen LogP contribution >= 0.6 is 0 Å². The van der Waals surface area contributed by atoms with Crippen molar-refractivity contribution in [3.8, 4) is 0 Å². The van der Waals surface area contributed by atoms with Gasteiger partial charge in [-0.15, -0.1) is 0 Å². The number of alkyl halides is 3. The van der Waals surface area contributed by atoms with Gasteiger partial charge in [0.2, 0.25) is 5.91 Å². The number of anilines is 2. The Hall–Kier alpha value is -2.83. The number of carbonyl (C=O) groups is 2. The van der Waals surface area contributed by atoms with Crippen LogP contribution in [-0.4, -0.2) is 11.8 Å². The summed E-state index contributed by atoms with van der Waals surface area (Å²) in [6.07, 6.45) is -4.49. The van der Waals surface area contributed by atoms with Crippen molar-refractivity contribution in [1.29, 1.82) is 0 Å². The largest absolute Gasteiger partial charge is 0.416 e. The fourth-order valence-electron chi connectivity index (χ4n) is 1.95. The molecule has 0 bridgehead atoms. The summed E-state index contributed by atoms with van der Waals surface area (Å²) in [6, 6.07) is 10.5. The molecule has 0 aliphatic rings. The van der Waals surface area contributed by atoms with Crippen molar-refractivity contribution in [3.05, 3.63) is 59.7 Å². The highest BCUT2D eigenvalue weighted by atomic mass is 19.4. The first-order valence-electron chi connectivity index (χ1n) is 6.62. The second-order valence-electron chi connectivity index (χ2n) is 4.76. The van der Waals surface area contributed by atoms with Gasteiger partial charge in [-0.25, -0.2) is 0 Å². The fraction of sp³-hybridized carbons (Fsp3) is 0.125. The highest BCUT2D eigenvalue weighted by Crippen LogP contribution is 2.30. The quantitative estimate of drug-likeness (QED) is 0.900. The summed E-state index contributed by atoms with van der Waals surface area (Å²) in [5.74, 6) is -0.974. The predicted molar refractivity (Wildman–Crippen MR) is 80.1 cm³/mol. The van der Waals surface area contributed by atoms with Gasteiger partial charge in [-0.2, -0.15) is 13.2 Å². The maximum Gasteiger partial charge on any atom is 0.416 e. The molecule has 0 saturated heterocycles. The zero-order chi connectivity index (χ0) is 17.0. The molecule has 2 aromatic rings. The van der Waals surface area contributed by atoms with E-state index in [9.17, 15) is 22.8 Å². The number of nitrogens with one attached hydrogen (secondary N) is 2. The highest BCUT2D eigenvalue weighted by molar-refractivity contribution is 6.09. The number of hydrogen-bond acceptors (Lipinski definition) is 2. The van der Waals surface area contributed by atoms with Crippen molar-refractivity contribution in [3.63, 3.8) is 0 Å². The van der Waals surface area contributed by atoms with Crippen LogP contribution in [-0.2, 0) is 11.0 Å². The van der Waals surface area contributed by atoms with E-state index < -0.39 is 17.6 Å². The molecule has 0 radical (unpaired) electrons. The van der Waals surface area contributed by atoms with Gasteiger partial charge in [0.25, 0.3) is 5.91 Å². The molecule has 2 amide bonds. The van der Waals surface area contributed by atoms with Crippen LogP contribution in [0.25, 0.3) is 0 Å². The topological polar surface area (TPSA) is 58.2 Å². The van der Waals surface area contributed by atoms with E-state index in [1.54, 1.807) is 12.1 Å². The van der Waals surface area contributed by atoms with E-state index >= 15 is 0 Å².